The van der Waals surface area contributed by atoms with E-state index in [1.807, 2.05) is 0 Å². The average Bonchev–Trinajstić information content (AvgIpc) is 3.26. The molecule has 3 nitrogen and oxygen atoms in total. The van der Waals surface area contributed by atoms with Crippen molar-refractivity contribution in [1.29, 1.82) is 0 Å². The van der Waals surface area contributed by atoms with E-state index in [-0.39, 0.29) is 35.7 Å². The number of anilines is 1. The molecule has 1 aliphatic carbocycles. The highest BCUT2D eigenvalue weighted by atomic mass is 19.4. The molecule has 0 spiro atoms. The van der Waals surface area contributed by atoms with Crippen LogP contribution >= 0.6 is 0 Å². The molecule has 2 aliphatic rings. The van der Waals surface area contributed by atoms with Gasteiger partial charge < -0.3 is 0 Å². The number of hydrogen-bond acceptors (Lipinski definition) is 2. The molecule has 1 saturated carbocycles. The van der Waals surface area contributed by atoms with E-state index in [2.05, 4.69) is 0 Å². The number of carbonyl (C=O) groups excluding carboxylic acids is 1. The highest BCUT2D eigenvalue weighted by Crippen LogP contribution is 2.45. The topological polar surface area (TPSA) is 23.6 Å². The van der Waals surface area contributed by atoms with E-state index in [0.717, 1.165) is 5.01 Å². The van der Waals surface area contributed by atoms with Crippen LogP contribution in [-0.4, -0.2) is 30.2 Å². The number of hydrazine groups is 1. The predicted octanol–water partition coefficient (Wildman–Crippen LogP) is 4.88. The van der Waals surface area contributed by atoms with Crippen molar-refractivity contribution in [2.24, 2.45) is 11.8 Å². The van der Waals surface area contributed by atoms with Crippen LogP contribution in [0.25, 0.3) is 0 Å². The van der Waals surface area contributed by atoms with Crippen molar-refractivity contribution in [3.8, 4) is 0 Å². The molecule has 12 heteroatoms. The molecule has 1 unspecified atom stereocenters. The maximum absolute atomic E-state index is 13.3. The van der Waals surface area contributed by atoms with Gasteiger partial charge in [0.2, 0.25) is 0 Å². The number of rotatable bonds is 3. The molecule has 1 amide bonds. The normalized spacial score (nSPS) is 22.2. The molecule has 1 heterocycles. The van der Waals surface area contributed by atoms with Gasteiger partial charge in [0, 0.05) is 13.1 Å². The molecule has 0 aromatic heterocycles. The maximum Gasteiger partial charge on any atom is 0.418 e. The summed E-state index contributed by atoms with van der Waals surface area (Å²) in [5.41, 5.74) is -4.36. The molecule has 1 aliphatic heterocycles. The number of halogens is 9. The van der Waals surface area contributed by atoms with Crippen LogP contribution in [0.15, 0.2) is 18.2 Å². The van der Waals surface area contributed by atoms with Gasteiger partial charge in [-0.2, -0.15) is 39.5 Å². The maximum atomic E-state index is 13.3. The largest absolute Gasteiger partial charge is 0.418 e. The smallest absolute Gasteiger partial charge is 0.272 e. The van der Waals surface area contributed by atoms with Crippen molar-refractivity contribution in [3.63, 3.8) is 0 Å². The summed E-state index contributed by atoms with van der Waals surface area (Å²) in [5.74, 6) is -4.46. The van der Waals surface area contributed by atoms with Crippen LogP contribution in [0.4, 0.5) is 45.2 Å². The van der Waals surface area contributed by atoms with Gasteiger partial charge in [0.05, 0.1) is 16.8 Å². The minimum absolute atomic E-state index is 0.0688. The summed E-state index contributed by atoms with van der Waals surface area (Å²) in [5, 5.41) is 0.886. The van der Waals surface area contributed by atoms with Crippen LogP contribution in [-0.2, 0) is 17.1 Å². The number of nitrogens with zero attached hydrogens (tertiary/aromatic N) is 2. The molecule has 1 aromatic rings. The first-order valence-electron chi connectivity index (χ1n) is 8.13. The monoisotopic (exact) mass is 420 g/mol. The average molecular weight is 420 g/mol. The molecule has 0 radical (unpaired) electrons. The molecular formula is C16H13F9N2O. The van der Waals surface area contributed by atoms with Crippen LogP contribution in [0, 0.1) is 11.8 Å². The van der Waals surface area contributed by atoms with Gasteiger partial charge in [-0.3, -0.25) is 4.79 Å². The van der Waals surface area contributed by atoms with E-state index < -0.39 is 53.7 Å². The molecule has 1 aromatic carbocycles. The van der Waals surface area contributed by atoms with Gasteiger partial charge in [-0.15, -0.1) is 0 Å². The third kappa shape index (κ3) is 4.06. The first kappa shape index (κ1) is 20.7. The summed E-state index contributed by atoms with van der Waals surface area (Å²) in [4.78, 5) is 12.3. The standard InChI is InChI=1S/C16H13F9N2O/c17-14(18,19)9-3-4-10(15(20,21)22)12(5-9)27-13(28)11(16(23,24)25)7-26(27)6-8-1-2-8/h3-5,8,11H,1-2,6-7H2. The summed E-state index contributed by atoms with van der Waals surface area (Å²) in [6.45, 7) is -1.09. The summed E-state index contributed by atoms with van der Waals surface area (Å²) < 4.78 is 118. The Hall–Kier alpha value is -1.98. The zero-order valence-corrected chi connectivity index (χ0v) is 13.9. The molecular weight excluding hydrogens is 407 g/mol. The van der Waals surface area contributed by atoms with Gasteiger partial charge in [-0.05, 0) is 37.0 Å². The SMILES string of the molecule is O=C1C(C(F)(F)F)CN(CC2CC2)N1c1cc(C(F)(F)F)ccc1C(F)(F)F. The fourth-order valence-electron chi connectivity index (χ4n) is 3.05. The molecule has 2 fully saturated rings. The zero-order chi connectivity index (χ0) is 21.1. The van der Waals surface area contributed by atoms with Crippen LogP contribution < -0.4 is 5.01 Å². The predicted molar refractivity (Wildman–Crippen MR) is 77.8 cm³/mol. The first-order chi connectivity index (χ1) is 12.7. The second kappa shape index (κ2) is 6.53. The van der Waals surface area contributed by atoms with Crippen molar-refractivity contribution in [3.05, 3.63) is 29.3 Å². The zero-order valence-electron chi connectivity index (χ0n) is 13.9. The van der Waals surface area contributed by atoms with Gasteiger partial charge >= 0.3 is 18.5 Å². The molecule has 28 heavy (non-hydrogen) atoms. The molecule has 3 rings (SSSR count). The van der Waals surface area contributed by atoms with Gasteiger partial charge in [0.15, 0.2) is 0 Å². The quantitative estimate of drug-likeness (QED) is 0.652. The van der Waals surface area contributed by atoms with E-state index >= 15 is 0 Å². The number of alkyl halides is 9. The van der Waals surface area contributed by atoms with E-state index in [9.17, 15) is 44.3 Å². The van der Waals surface area contributed by atoms with Gasteiger partial charge in [0.1, 0.15) is 5.92 Å². The lowest BCUT2D eigenvalue weighted by molar-refractivity contribution is -0.175. The van der Waals surface area contributed by atoms with Crippen LogP contribution in [0.3, 0.4) is 0 Å². The summed E-state index contributed by atoms with van der Waals surface area (Å²) in [6.07, 6.45) is -14.0. The van der Waals surface area contributed by atoms with E-state index in [1.54, 1.807) is 0 Å². The van der Waals surface area contributed by atoms with E-state index in [1.165, 1.54) is 0 Å². The van der Waals surface area contributed by atoms with Crippen molar-refractivity contribution in [1.82, 2.24) is 5.01 Å². The third-order valence-electron chi connectivity index (χ3n) is 4.60. The fourth-order valence-corrected chi connectivity index (χ4v) is 3.05. The van der Waals surface area contributed by atoms with Crippen molar-refractivity contribution >= 4 is 11.6 Å². The van der Waals surface area contributed by atoms with Gasteiger partial charge in [0.25, 0.3) is 5.91 Å². The minimum atomic E-state index is -5.17. The lowest BCUT2D eigenvalue weighted by Crippen LogP contribution is -2.42. The Morgan fingerprint density at radius 2 is 1.54 bits per heavy atom. The second-order valence-corrected chi connectivity index (χ2v) is 6.79. The molecule has 1 atom stereocenters. The van der Waals surface area contributed by atoms with E-state index in [4.69, 9.17) is 0 Å². The van der Waals surface area contributed by atoms with Gasteiger partial charge in [-0.25, -0.2) is 10.0 Å². The molecule has 0 bridgehead atoms. The Kier molecular flexibility index (Phi) is 4.84. The van der Waals surface area contributed by atoms with E-state index in [0.29, 0.717) is 12.8 Å². The number of hydrogen-bond donors (Lipinski definition) is 0. The lowest BCUT2D eigenvalue weighted by Gasteiger charge is -2.30. The van der Waals surface area contributed by atoms with Crippen LogP contribution in [0.5, 0.6) is 0 Å². The highest BCUT2D eigenvalue weighted by Gasteiger charge is 2.55. The Bertz CT molecular complexity index is 765. The number of benzene rings is 1. The van der Waals surface area contributed by atoms with Crippen molar-refractivity contribution < 1.29 is 44.3 Å². The Balaban J connectivity index is 2.12. The summed E-state index contributed by atoms with van der Waals surface area (Å²) >= 11 is 0. The molecule has 0 N–H and O–H groups in total. The fraction of sp³-hybridized carbons (Fsp3) is 0.562. The summed E-state index contributed by atoms with van der Waals surface area (Å²) in [7, 11) is 0. The lowest BCUT2D eigenvalue weighted by atomic mass is 10.1. The number of carbonyl (C=O) groups is 1. The van der Waals surface area contributed by atoms with Gasteiger partial charge in [-0.1, -0.05) is 0 Å². The van der Waals surface area contributed by atoms with Crippen LogP contribution in [0.1, 0.15) is 24.0 Å². The second-order valence-electron chi connectivity index (χ2n) is 6.79. The molecule has 156 valence electrons. The van der Waals surface area contributed by atoms with Crippen molar-refractivity contribution in [2.75, 3.05) is 18.1 Å². The Morgan fingerprint density at radius 3 is 2.00 bits per heavy atom. The van der Waals surface area contributed by atoms with Crippen LogP contribution in [0.2, 0.25) is 0 Å². The Morgan fingerprint density at radius 1 is 0.929 bits per heavy atom. The highest BCUT2D eigenvalue weighted by molar-refractivity contribution is 5.97. The van der Waals surface area contributed by atoms with Crippen molar-refractivity contribution in [2.45, 2.75) is 31.4 Å². The minimum Gasteiger partial charge on any atom is -0.272 e. The Labute approximate surface area is 152 Å². The number of amides is 1. The molecule has 1 saturated heterocycles. The first-order valence-corrected chi connectivity index (χ1v) is 8.13. The third-order valence-corrected chi connectivity index (χ3v) is 4.60. The summed E-state index contributed by atoms with van der Waals surface area (Å²) in [6, 6.07) is 0.375.